The van der Waals surface area contributed by atoms with Crippen LogP contribution in [0.15, 0.2) is 42.5 Å². The van der Waals surface area contributed by atoms with Crippen molar-refractivity contribution in [2.24, 2.45) is 0 Å². The highest BCUT2D eigenvalue weighted by atomic mass is 19.4. The Morgan fingerprint density at radius 1 is 1.00 bits per heavy atom. The predicted molar refractivity (Wildman–Crippen MR) is 81.5 cm³/mol. The minimum Gasteiger partial charge on any atom is -0.388 e. The second-order valence-corrected chi connectivity index (χ2v) is 5.45. The lowest BCUT2D eigenvalue weighted by atomic mass is 9.95. The number of hydrogen-bond acceptors (Lipinski definition) is 1. The Bertz CT molecular complexity index is 630. The van der Waals surface area contributed by atoms with Gasteiger partial charge in [0.05, 0.1) is 11.7 Å². The van der Waals surface area contributed by atoms with Crippen LogP contribution in [0.2, 0.25) is 0 Å². The first kappa shape index (κ1) is 16.6. The van der Waals surface area contributed by atoms with E-state index in [9.17, 15) is 18.3 Å². The van der Waals surface area contributed by atoms with Crippen LogP contribution in [0, 0.1) is 6.92 Å². The summed E-state index contributed by atoms with van der Waals surface area (Å²) in [5.41, 5.74) is 2.74. The second-order valence-electron chi connectivity index (χ2n) is 5.45. The Kier molecular flexibility index (Phi) is 4.91. The molecule has 1 nitrogen and oxygen atoms in total. The molecule has 2 aromatic rings. The zero-order valence-electron chi connectivity index (χ0n) is 12.6. The lowest BCUT2D eigenvalue weighted by molar-refractivity contribution is -0.137. The van der Waals surface area contributed by atoms with Crippen molar-refractivity contribution in [1.29, 1.82) is 0 Å². The molecule has 0 aromatic heterocycles. The van der Waals surface area contributed by atoms with E-state index in [-0.39, 0.29) is 0 Å². The molecule has 0 saturated heterocycles. The van der Waals surface area contributed by atoms with E-state index in [4.69, 9.17) is 0 Å². The average Bonchev–Trinajstić information content (AvgIpc) is 2.46. The fourth-order valence-corrected chi connectivity index (χ4v) is 2.51. The number of aryl methyl sites for hydroxylation is 1. The van der Waals surface area contributed by atoms with E-state index in [0.717, 1.165) is 40.8 Å². The van der Waals surface area contributed by atoms with Gasteiger partial charge in [0.25, 0.3) is 0 Å². The molecule has 0 aliphatic heterocycles. The summed E-state index contributed by atoms with van der Waals surface area (Å²) in [5.74, 6) is 0. The minimum absolute atomic E-state index is 0.494. The summed E-state index contributed by atoms with van der Waals surface area (Å²) in [6, 6.07) is 10.7. The Morgan fingerprint density at radius 3 is 2.09 bits per heavy atom. The van der Waals surface area contributed by atoms with E-state index in [1.54, 1.807) is 0 Å². The van der Waals surface area contributed by atoms with Gasteiger partial charge in [0.1, 0.15) is 0 Å². The van der Waals surface area contributed by atoms with E-state index in [1.807, 2.05) is 32.0 Å². The highest BCUT2D eigenvalue weighted by Crippen LogP contribution is 2.32. The van der Waals surface area contributed by atoms with Crippen LogP contribution in [0.3, 0.4) is 0 Å². The van der Waals surface area contributed by atoms with E-state index >= 15 is 0 Å². The fraction of sp³-hybridized carbons (Fsp3) is 0.333. The van der Waals surface area contributed by atoms with Crippen LogP contribution in [-0.4, -0.2) is 5.11 Å². The molecule has 0 spiro atoms. The van der Waals surface area contributed by atoms with Crippen molar-refractivity contribution in [2.75, 3.05) is 0 Å². The van der Waals surface area contributed by atoms with Gasteiger partial charge in [0, 0.05) is 0 Å². The van der Waals surface area contributed by atoms with E-state index in [0.29, 0.717) is 6.42 Å². The molecule has 1 unspecified atom stereocenters. The molecule has 1 atom stereocenters. The molecule has 2 rings (SSSR count). The van der Waals surface area contributed by atoms with Gasteiger partial charge in [0.2, 0.25) is 0 Å². The Balaban J connectivity index is 2.28. The third-order valence-electron chi connectivity index (χ3n) is 3.74. The first-order valence-corrected chi connectivity index (χ1v) is 7.29. The topological polar surface area (TPSA) is 20.2 Å². The second kappa shape index (κ2) is 6.53. The van der Waals surface area contributed by atoms with E-state index < -0.39 is 17.8 Å². The number of aliphatic hydroxyl groups excluding tert-OH is 1. The molecular formula is C18H19F3O. The molecule has 22 heavy (non-hydrogen) atoms. The van der Waals surface area contributed by atoms with Crippen molar-refractivity contribution in [3.8, 4) is 11.1 Å². The van der Waals surface area contributed by atoms with Crippen molar-refractivity contribution in [2.45, 2.75) is 39.0 Å². The molecule has 0 aliphatic rings. The van der Waals surface area contributed by atoms with E-state index in [2.05, 4.69) is 0 Å². The van der Waals surface area contributed by atoms with Gasteiger partial charge in [-0.3, -0.25) is 0 Å². The van der Waals surface area contributed by atoms with E-state index in [1.165, 1.54) is 12.1 Å². The smallest absolute Gasteiger partial charge is 0.388 e. The first-order chi connectivity index (χ1) is 10.3. The lowest BCUT2D eigenvalue weighted by Gasteiger charge is -2.14. The zero-order valence-corrected chi connectivity index (χ0v) is 12.6. The third-order valence-corrected chi connectivity index (χ3v) is 3.74. The zero-order chi connectivity index (χ0) is 16.3. The quantitative estimate of drug-likeness (QED) is 0.789. The highest BCUT2D eigenvalue weighted by molar-refractivity contribution is 5.65. The normalized spacial score (nSPS) is 13.2. The molecule has 0 radical (unpaired) electrons. The molecule has 1 N–H and O–H groups in total. The van der Waals surface area contributed by atoms with Gasteiger partial charge in [-0.25, -0.2) is 0 Å². The Hall–Kier alpha value is -1.81. The van der Waals surface area contributed by atoms with Crippen LogP contribution in [0.25, 0.3) is 11.1 Å². The van der Waals surface area contributed by atoms with Gasteiger partial charge in [-0.15, -0.1) is 0 Å². The summed E-state index contributed by atoms with van der Waals surface area (Å²) in [6.45, 7) is 3.91. The van der Waals surface area contributed by atoms with Crippen LogP contribution in [0.4, 0.5) is 13.2 Å². The molecule has 0 amide bonds. The van der Waals surface area contributed by atoms with Gasteiger partial charge in [0.15, 0.2) is 0 Å². The molecular weight excluding hydrogens is 289 g/mol. The molecule has 4 heteroatoms. The number of aliphatic hydroxyl groups is 1. The predicted octanol–water partition coefficient (Wildman–Crippen LogP) is 5.51. The minimum atomic E-state index is -4.32. The van der Waals surface area contributed by atoms with Crippen molar-refractivity contribution in [1.82, 2.24) is 0 Å². The Labute approximate surface area is 128 Å². The van der Waals surface area contributed by atoms with Gasteiger partial charge in [-0.2, -0.15) is 13.2 Å². The van der Waals surface area contributed by atoms with Crippen LogP contribution < -0.4 is 0 Å². The molecule has 0 bridgehead atoms. The van der Waals surface area contributed by atoms with Gasteiger partial charge < -0.3 is 5.11 Å². The molecule has 0 fully saturated rings. The standard InChI is InChI=1S/C18H19F3O/c1-3-4-17(22)16-10-7-14(11-12(16)2)13-5-8-15(9-6-13)18(19,20)21/h5-11,17,22H,3-4H2,1-2H3. The summed E-state index contributed by atoms with van der Waals surface area (Å²) in [6.07, 6.45) is -3.23. The Morgan fingerprint density at radius 2 is 1.59 bits per heavy atom. The van der Waals surface area contributed by atoms with Crippen molar-refractivity contribution in [3.63, 3.8) is 0 Å². The number of alkyl halides is 3. The first-order valence-electron chi connectivity index (χ1n) is 7.29. The van der Waals surface area contributed by atoms with Crippen LogP contribution in [-0.2, 0) is 6.18 Å². The van der Waals surface area contributed by atoms with Gasteiger partial charge in [-0.1, -0.05) is 43.7 Å². The molecule has 0 heterocycles. The average molecular weight is 308 g/mol. The molecule has 0 aliphatic carbocycles. The third kappa shape index (κ3) is 3.69. The maximum absolute atomic E-state index is 12.6. The van der Waals surface area contributed by atoms with Crippen LogP contribution in [0.1, 0.15) is 42.6 Å². The SMILES string of the molecule is CCCC(O)c1ccc(-c2ccc(C(F)(F)F)cc2)cc1C. The summed E-state index contributed by atoms with van der Waals surface area (Å²) < 4.78 is 37.7. The van der Waals surface area contributed by atoms with Gasteiger partial charge in [-0.05, 0) is 47.7 Å². The summed E-state index contributed by atoms with van der Waals surface area (Å²) in [4.78, 5) is 0. The van der Waals surface area contributed by atoms with Crippen LogP contribution in [0.5, 0.6) is 0 Å². The number of hydrogen-bond donors (Lipinski definition) is 1. The van der Waals surface area contributed by atoms with Crippen molar-refractivity contribution in [3.05, 3.63) is 59.2 Å². The summed E-state index contributed by atoms with van der Waals surface area (Å²) >= 11 is 0. The summed E-state index contributed by atoms with van der Waals surface area (Å²) in [7, 11) is 0. The van der Waals surface area contributed by atoms with Crippen molar-refractivity contribution < 1.29 is 18.3 Å². The maximum atomic E-state index is 12.6. The number of halogens is 3. The lowest BCUT2D eigenvalue weighted by Crippen LogP contribution is -2.04. The highest BCUT2D eigenvalue weighted by Gasteiger charge is 2.29. The molecule has 2 aromatic carbocycles. The fourth-order valence-electron chi connectivity index (χ4n) is 2.51. The monoisotopic (exact) mass is 308 g/mol. The molecule has 118 valence electrons. The summed E-state index contributed by atoms with van der Waals surface area (Å²) in [5, 5.41) is 10.1. The molecule has 0 saturated carbocycles. The maximum Gasteiger partial charge on any atom is 0.416 e. The number of rotatable bonds is 4. The van der Waals surface area contributed by atoms with Gasteiger partial charge >= 0.3 is 6.18 Å². The van der Waals surface area contributed by atoms with Crippen molar-refractivity contribution >= 4 is 0 Å². The number of benzene rings is 2. The van der Waals surface area contributed by atoms with Crippen LogP contribution >= 0.6 is 0 Å². The largest absolute Gasteiger partial charge is 0.416 e.